The second kappa shape index (κ2) is 13.0. The molecule has 0 fully saturated rings. The van der Waals surface area contributed by atoms with Gasteiger partial charge in [0.25, 0.3) is 10.0 Å². The Morgan fingerprint density at radius 3 is 2.39 bits per heavy atom. The van der Waals surface area contributed by atoms with E-state index in [-0.39, 0.29) is 35.4 Å². The van der Waals surface area contributed by atoms with E-state index in [9.17, 15) is 22.4 Å². The molecule has 0 aliphatic carbocycles. The maximum Gasteiger partial charge on any atom is 0.264 e. The fourth-order valence-electron chi connectivity index (χ4n) is 4.43. The van der Waals surface area contributed by atoms with Crippen LogP contribution in [0.5, 0.6) is 11.5 Å². The first kappa shape index (κ1) is 29.9. The first-order valence-corrected chi connectivity index (χ1v) is 14.8. The van der Waals surface area contributed by atoms with Gasteiger partial charge in [0.1, 0.15) is 31.6 Å². The summed E-state index contributed by atoms with van der Waals surface area (Å²) in [5.74, 6) is -0.827. The number of anilines is 1. The third-order valence-corrected chi connectivity index (χ3v) is 8.42. The van der Waals surface area contributed by atoms with Crippen LogP contribution in [0.2, 0.25) is 0 Å². The average Bonchev–Trinajstić information content (AvgIpc) is 2.97. The molecule has 0 saturated carbocycles. The Hall–Kier alpha value is -4.12. The first-order valence-electron chi connectivity index (χ1n) is 13.4. The highest BCUT2D eigenvalue weighted by molar-refractivity contribution is 7.92. The highest BCUT2D eigenvalue weighted by atomic mass is 32.2. The highest BCUT2D eigenvalue weighted by Gasteiger charge is 2.33. The van der Waals surface area contributed by atoms with Gasteiger partial charge in [-0.3, -0.25) is 13.9 Å². The van der Waals surface area contributed by atoms with Gasteiger partial charge in [-0.2, -0.15) is 0 Å². The van der Waals surface area contributed by atoms with Gasteiger partial charge in [0, 0.05) is 19.2 Å². The van der Waals surface area contributed by atoms with E-state index < -0.39 is 34.3 Å². The molecule has 3 aromatic carbocycles. The van der Waals surface area contributed by atoms with Crippen molar-refractivity contribution in [1.29, 1.82) is 0 Å². The van der Waals surface area contributed by atoms with E-state index in [4.69, 9.17) is 9.47 Å². The predicted molar refractivity (Wildman–Crippen MR) is 153 cm³/mol. The van der Waals surface area contributed by atoms with Crippen molar-refractivity contribution in [2.24, 2.45) is 0 Å². The second-order valence-electron chi connectivity index (χ2n) is 9.77. The van der Waals surface area contributed by atoms with E-state index in [0.717, 1.165) is 34.0 Å². The number of amides is 2. The molecule has 1 N–H and O–H groups in total. The topological polar surface area (TPSA) is 105 Å². The standard InChI is InChI=1S/C30H34FN3O6S/c1-4-14-32-30(36)22(3)33(19-23-7-5-6-21(2)17-23)29(35)20-34(25-10-8-24(31)9-11-25)41(37,38)26-12-13-27-28(18-26)40-16-15-39-27/h5-13,17-18,22H,4,14-16,19-20H2,1-3H3,(H,32,36)/t22-/m0/s1. The molecule has 218 valence electrons. The number of carbonyl (C=O) groups is 2. The van der Waals surface area contributed by atoms with E-state index in [0.29, 0.717) is 18.9 Å². The first-order chi connectivity index (χ1) is 19.6. The van der Waals surface area contributed by atoms with E-state index in [1.54, 1.807) is 6.92 Å². The zero-order chi connectivity index (χ0) is 29.6. The summed E-state index contributed by atoms with van der Waals surface area (Å²) >= 11 is 0. The lowest BCUT2D eigenvalue weighted by Gasteiger charge is -2.32. The fraction of sp³-hybridized carbons (Fsp3) is 0.333. The van der Waals surface area contributed by atoms with Gasteiger partial charge in [0.2, 0.25) is 11.8 Å². The zero-order valence-electron chi connectivity index (χ0n) is 23.3. The molecular formula is C30H34FN3O6S. The van der Waals surface area contributed by atoms with Gasteiger partial charge in [0.15, 0.2) is 11.5 Å². The number of carbonyl (C=O) groups excluding carboxylic acids is 2. The molecule has 0 saturated heterocycles. The van der Waals surface area contributed by atoms with Crippen LogP contribution < -0.4 is 19.1 Å². The lowest BCUT2D eigenvalue weighted by Crippen LogP contribution is -2.51. The largest absolute Gasteiger partial charge is 0.486 e. The third kappa shape index (κ3) is 7.15. The lowest BCUT2D eigenvalue weighted by atomic mass is 10.1. The summed E-state index contributed by atoms with van der Waals surface area (Å²) in [5.41, 5.74) is 1.86. The highest BCUT2D eigenvalue weighted by Crippen LogP contribution is 2.34. The van der Waals surface area contributed by atoms with Crippen molar-refractivity contribution in [2.45, 2.75) is 44.7 Å². The minimum atomic E-state index is -4.34. The molecule has 2 amide bonds. The van der Waals surface area contributed by atoms with Crippen LogP contribution in [0, 0.1) is 12.7 Å². The predicted octanol–water partition coefficient (Wildman–Crippen LogP) is 4.04. The average molecular weight is 584 g/mol. The Bertz CT molecular complexity index is 1500. The molecule has 0 spiro atoms. The van der Waals surface area contributed by atoms with Crippen LogP contribution in [-0.2, 0) is 26.2 Å². The van der Waals surface area contributed by atoms with Crippen molar-refractivity contribution in [2.75, 3.05) is 30.6 Å². The summed E-state index contributed by atoms with van der Waals surface area (Å²) in [4.78, 5) is 28.1. The van der Waals surface area contributed by atoms with Gasteiger partial charge in [0.05, 0.1) is 10.6 Å². The number of hydrogen-bond acceptors (Lipinski definition) is 6. The van der Waals surface area contributed by atoms with Crippen molar-refractivity contribution >= 4 is 27.5 Å². The van der Waals surface area contributed by atoms with Crippen LogP contribution in [-0.4, -0.2) is 57.5 Å². The van der Waals surface area contributed by atoms with Crippen molar-refractivity contribution in [3.8, 4) is 11.5 Å². The summed E-state index contributed by atoms with van der Waals surface area (Å²) in [6.45, 7) is 5.96. The molecule has 41 heavy (non-hydrogen) atoms. The molecule has 9 nitrogen and oxygen atoms in total. The van der Waals surface area contributed by atoms with Crippen molar-refractivity contribution in [3.05, 3.63) is 83.7 Å². The van der Waals surface area contributed by atoms with Gasteiger partial charge in [-0.25, -0.2) is 12.8 Å². The third-order valence-electron chi connectivity index (χ3n) is 6.65. The van der Waals surface area contributed by atoms with Crippen molar-refractivity contribution in [1.82, 2.24) is 10.2 Å². The lowest BCUT2D eigenvalue weighted by molar-refractivity contribution is -0.139. The van der Waals surface area contributed by atoms with Crippen LogP contribution >= 0.6 is 0 Å². The van der Waals surface area contributed by atoms with Gasteiger partial charge < -0.3 is 19.7 Å². The van der Waals surface area contributed by atoms with E-state index in [2.05, 4.69) is 5.32 Å². The van der Waals surface area contributed by atoms with Gasteiger partial charge >= 0.3 is 0 Å². The molecule has 0 bridgehead atoms. The van der Waals surface area contributed by atoms with Crippen LogP contribution in [0.25, 0.3) is 0 Å². The minimum absolute atomic E-state index is 0.0859. The summed E-state index contributed by atoms with van der Waals surface area (Å²) in [7, 11) is -4.34. The van der Waals surface area contributed by atoms with Crippen molar-refractivity contribution in [3.63, 3.8) is 0 Å². The summed E-state index contributed by atoms with van der Waals surface area (Å²) in [5, 5.41) is 2.81. The maximum absolute atomic E-state index is 14.0. The molecule has 1 aliphatic heterocycles. The molecule has 0 unspecified atom stereocenters. The normalized spacial score (nSPS) is 13.3. The summed E-state index contributed by atoms with van der Waals surface area (Å²) < 4.78 is 53.8. The van der Waals surface area contributed by atoms with Crippen LogP contribution in [0.1, 0.15) is 31.4 Å². The smallest absolute Gasteiger partial charge is 0.264 e. The SMILES string of the molecule is CCCNC(=O)[C@H](C)N(Cc1cccc(C)c1)C(=O)CN(c1ccc(F)cc1)S(=O)(=O)c1ccc2c(c1)OCCO2. The zero-order valence-corrected chi connectivity index (χ0v) is 24.1. The number of halogens is 1. The molecule has 4 rings (SSSR count). The number of fused-ring (bicyclic) bond motifs is 1. The van der Waals surface area contributed by atoms with E-state index in [1.807, 2.05) is 38.1 Å². The summed E-state index contributed by atoms with van der Waals surface area (Å²) in [6.07, 6.45) is 0.719. The molecule has 0 aromatic heterocycles. The van der Waals surface area contributed by atoms with Gasteiger partial charge in [-0.1, -0.05) is 36.8 Å². The fourth-order valence-corrected chi connectivity index (χ4v) is 5.86. The number of benzene rings is 3. The number of hydrogen-bond donors (Lipinski definition) is 1. The number of nitrogens with one attached hydrogen (secondary N) is 1. The number of aryl methyl sites for hydroxylation is 1. The minimum Gasteiger partial charge on any atom is -0.486 e. The monoisotopic (exact) mass is 583 g/mol. The Morgan fingerprint density at radius 2 is 1.71 bits per heavy atom. The van der Waals surface area contributed by atoms with E-state index >= 15 is 0 Å². The second-order valence-corrected chi connectivity index (χ2v) is 11.6. The number of nitrogens with zero attached hydrogens (tertiary/aromatic N) is 2. The molecular weight excluding hydrogens is 549 g/mol. The molecule has 11 heteroatoms. The Kier molecular flexibility index (Phi) is 9.49. The van der Waals surface area contributed by atoms with Crippen LogP contribution in [0.4, 0.5) is 10.1 Å². The van der Waals surface area contributed by atoms with Crippen molar-refractivity contribution < 1.29 is 31.9 Å². The van der Waals surface area contributed by atoms with Crippen LogP contribution in [0.3, 0.4) is 0 Å². The molecule has 3 aromatic rings. The van der Waals surface area contributed by atoms with E-state index in [1.165, 1.54) is 35.2 Å². The molecule has 1 aliphatic rings. The number of rotatable bonds is 11. The molecule has 0 radical (unpaired) electrons. The summed E-state index contributed by atoms with van der Waals surface area (Å²) in [6, 6.07) is 15.7. The molecule has 1 heterocycles. The number of ether oxygens (including phenoxy) is 2. The van der Waals surface area contributed by atoms with Gasteiger partial charge in [-0.15, -0.1) is 0 Å². The number of sulfonamides is 1. The maximum atomic E-state index is 14.0. The Balaban J connectivity index is 1.71. The molecule has 1 atom stereocenters. The Morgan fingerprint density at radius 1 is 1.00 bits per heavy atom. The Labute approximate surface area is 239 Å². The van der Waals surface area contributed by atoms with Gasteiger partial charge in [-0.05, 0) is 62.2 Å². The van der Waals surface area contributed by atoms with Crippen LogP contribution in [0.15, 0.2) is 71.6 Å². The quantitative estimate of drug-likeness (QED) is 0.365.